The van der Waals surface area contributed by atoms with Gasteiger partial charge in [-0.05, 0) is 19.1 Å². The van der Waals surface area contributed by atoms with Gasteiger partial charge in [0.2, 0.25) is 0 Å². The predicted octanol–water partition coefficient (Wildman–Crippen LogP) is 2.46. The number of nitrogens with zero attached hydrogens (tertiary/aromatic N) is 1. The number of aliphatic hydroxyl groups excluding tert-OH is 1. The Hall–Kier alpha value is -1.76. The summed E-state index contributed by atoms with van der Waals surface area (Å²) < 4.78 is 10.2. The van der Waals surface area contributed by atoms with Crippen molar-refractivity contribution < 1.29 is 19.2 Å². The maximum absolute atomic E-state index is 11.7. The molecule has 1 atom stereocenters. The van der Waals surface area contributed by atoms with Crippen LogP contribution in [0.2, 0.25) is 10.0 Å². The van der Waals surface area contributed by atoms with E-state index in [9.17, 15) is 9.90 Å². The van der Waals surface area contributed by atoms with Crippen molar-refractivity contribution in [3.63, 3.8) is 0 Å². The molecule has 22 heavy (non-hydrogen) atoms. The summed E-state index contributed by atoms with van der Waals surface area (Å²) in [5.74, 6) is 0.466. The molecule has 0 aliphatic heterocycles. The molecule has 0 saturated heterocycles. The molecule has 0 aliphatic rings. The van der Waals surface area contributed by atoms with Crippen molar-refractivity contribution in [1.82, 2.24) is 10.5 Å². The summed E-state index contributed by atoms with van der Waals surface area (Å²) in [5, 5.41) is 16.6. The summed E-state index contributed by atoms with van der Waals surface area (Å²) >= 11 is 11.8. The van der Waals surface area contributed by atoms with Crippen molar-refractivity contribution >= 4 is 29.1 Å². The minimum Gasteiger partial charge on any atom is -0.489 e. The van der Waals surface area contributed by atoms with E-state index in [1.54, 1.807) is 25.1 Å². The Balaban J connectivity index is 1.79. The Morgan fingerprint density at radius 3 is 2.95 bits per heavy atom. The molecule has 2 N–H and O–H groups in total. The Morgan fingerprint density at radius 1 is 1.50 bits per heavy atom. The van der Waals surface area contributed by atoms with E-state index in [4.69, 9.17) is 32.5 Å². The largest absolute Gasteiger partial charge is 0.489 e. The highest BCUT2D eigenvalue weighted by molar-refractivity contribution is 6.42. The van der Waals surface area contributed by atoms with Crippen LogP contribution in [0.25, 0.3) is 0 Å². The zero-order chi connectivity index (χ0) is 16.1. The molecule has 2 aromatic rings. The zero-order valence-corrected chi connectivity index (χ0v) is 13.2. The number of aryl methyl sites for hydroxylation is 1. The molecule has 0 fully saturated rings. The number of carbonyl (C=O) groups is 1. The number of aromatic nitrogens is 1. The molecule has 0 radical (unpaired) electrons. The van der Waals surface area contributed by atoms with Crippen LogP contribution in [0.5, 0.6) is 5.75 Å². The highest BCUT2D eigenvalue weighted by atomic mass is 35.5. The molecule has 118 valence electrons. The number of carbonyl (C=O) groups excluding carboxylic acids is 1. The van der Waals surface area contributed by atoms with Gasteiger partial charge in [0.05, 0.1) is 5.02 Å². The van der Waals surface area contributed by atoms with Gasteiger partial charge in [-0.1, -0.05) is 34.4 Å². The number of benzene rings is 1. The summed E-state index contributed by atoms with van der Waals surface area (Å²) in [6.07, 6.45) is -0.910. The topological polar surface area (TPSA) is 84.6 Å². The highest BCUT2D eigenvalue weighted by Gasteiger charge is 2.14. The van der Waals surface area contributed by atoms with Crippen molar-refractivity contribution in [2.45, 2.75) is 13.0 Å². The van der Waals surface area contributed by atoms with E-state index < -0.39 is 12.0 Å². The van der Waals surface area contributed by atoms with Crippen LogP contribution in [0.4, 0.5) is 0 Å². The Labute approximate surface area is 137 Å². The van der Waals surface area contributed by atoms with E-state index in [0.29, 0.717) is 16.5 Å². The molecule has 8 heteroatoms. The molecule has 1 amide bonds. The summed E-state index contributed by atoms with van der Waals surface area (Å²) in [7, 11) is 0. The van der Waals surface area contributed by atoms with Gasteiger partial charge >= 0.3 is 0 Å². The Kier molecular flexibility index (Phi) is 5.65. The molecular weight excluding hydrogens is 331 g/mol. The zero-order valence-electron chi connectivity index (χ0n) is 11.7. The van der Waals surface area contributed by atoms with Crippen LogP contribution in [0, 0.1) is 6.92 Å². The number of halogens is 2. The predicted molar refractivity (Wildman–Crippen MR) is 81.5 cm³/mol. The lowest BCUT2D eigenvalue weighted by molar-refractivity contribution is 0.0837. The summed E-state index contributed by atoms with van der Waals surface area (Å²) in [6, 6.07) is 6.46. The number of nitrogens with one attached hydrogen (secondary N) is 1. The highest BCUT2D eigenvalue weighted by Crippen LogP contribution is 2.31. The number of aliphatic hydroxyl groups is 1. The number of rotatable bonds is 6. The lowest BCUT2D eigenvalue weighted by Crippen LogP contribution is -2.35. The number of amides is 1. The van der Waals surface area contributed by atoms with Gasteiger partial charge in [0.25, 0.3) is 5.91 Å². The van der Waals surface area contributed by atoms with Gasteiger partial charge in [-0.3, -0.25) is 4.79 Å². The maximum atomic E-state index is 11.7. The molecular formula is C14H14Cl2N2O4. The molecule has 1 aromatic carbocycles. The van der Waals surface area contributed by atoms with Crippen molar-refractivity contribution in [3.8, 4) is 5.75 Å². The smallest absolute Gasteiger partial charge is 0.273 e. The summed E-state index contributed by atoms with van der Waals surface area (Å²) in [4.78, 5) is 11.7. The summed E-state index contributed by atoms with van der Waals surface area (Å²) in [5.41, 5.74) is 0.156. The van der Waals surface area contributed by atoms with Crippen LogP contribution >= 0.6 is 23.2 Å². The van der Waals surface area contributed by atoms with Crippen LogP contribution in [-0.2, 0) is 0 Å². The van der Waals surface area contributed by atoms with E-state index in [2.05, 4.69) is 10.5 Å². The monoisotopic (exact) mass is 344 g/mol. The lowest BCUT2D eigenvalue weighted by Gasteiger charge is -2.14. The van der Waals surface area contributed by atoms with E-state index in [0.717, 1.165) is 0 Å². The fourth-order valence-electron chi connectivity index (χ4n) is 1.61. The van der Waals surface area contributed by atoms with E-state index in [1.807, 2.05) is 0 Å². The van der Waals surface area contributed by atoms with Gasteiger partial charge < -0.3 is 19.7 Å². The fourth-order valence-corrected chi connectivity index (χ4v) is 1.96. The first kappa shape index (κ1) is 16.6. The van der Waals surface area contributed by atoms with E-state index in [1.165, 1.54) is 6.07 Å². The fraction of sp³-hybridized carbons (Fsp3) is 0.286. The summed E-state index contributed by atoms with van der Waals surface area (Å²) in [6.45, 7) is 1.64. The van der Waals surface area contributed by atoms with E-state index in [-0.39, 0.29) is 23.9 Å². The van der Waals surface area contributed by atoms with Crippen LogP contribution < -0.4 is 10.1 Å². The first-order chi connectivity index (χ1) is 10.5. The third-order valence-corrected chi connectivity index (χ3v) is 3.51. The molecule has 0 unspecified atom stereocenters. The average Bonchev–Trinajstić information content (AvgIpc) is 2.93. The Morgan fingerprint density at radius 2 is 2.27 bits per heavy atom. The molecule has 1 heterocycles. The van der Waals surface area contributed by atoms with Gasteiger partial charge in [0.15, 0.2) is 5.69 Å². The van der Waals surface area contributed by atoms with Gasteiger partial charge in [0.1, 0.15) is 29.2 Å². The maximum Gasteiger partial charge on any atom is 0.273 e. The number of ether oxygens (including phenoxy) is 1. The SMILES string of the molecule is Cc1cc(C(=O)NC[C@H](O)COc2cccc(Cl)c2Cl)no1. The molecule has 0 bridgehead atoms. The van der Waals surface area contributed by atoms with Gasteiger partial charge in [-0.25, -0.2) is 0 Å². The first-order valence-electron chi connectivity index (χ1n) is 6.43. The molecule has 2 rings (SSSR count). The second-order valence-electron chi connectivity index (χ2n) is 4.55. The Bertz CT molecular complexity index is 660. The number of hydrogen-bond donors (Lipinski definition) is 2. The van der Waals surface area contributed by atoms with Crippen LogP contribution in [0.1, 0.15) is 16.2 Å². The van der Waals surface area contributed by atoms with E-state index >= 15 is 0 Å². The minimum atomic E-state index is -0.910. The normalized spacial score (nSPS) is 12.0. The van der Waals surface area contributed by atoms with Gasteiger partial charge in [-0.15, -0.1) is 0 Å². The second kappa shape index (κ2) is 7.49. The van der Waals surface area contributed by atoms with Crippen LogP contribution in [-0.4, -0.2) is 35.4 Å². The molecule has 0 aliphatic carbocycles. The average molecular weight is 345 g/mol. The van der Waals surface area contributed by atoms with Crippen molar-refractivity contribution in [1.29, 1.82) is 0 Å². The molecule has 6 nitrogen and oxygen atoms in total. The van der Waals surface area contributed by atoms with Crippen molar-refractivity contribution in [2.24, 2.45) is 0 Å². The number of hydrogen-bond acceptors (Lipinski definition) is 5. The van der Waals surface area contributed by atoms with Crippen molar-refractivity contribution in [3.05, 3.63) is 45.8 Å². The molecule has 1 aromatic heterocycles. The molecule has 0 saturated carbocycles. The first-order valence-corrected chi connectivity index (χ1v) is 7.19. The van der Waals surface area contributed by atoms with Crippen LogP contribution in [0.15, 0.2) is 28.8 Å². The third kappa shape index (κ3) is 4.37. The lowest BCUT2D eigenvalue weighted by atomic mass is 10.3. The van der Waals surface area contributed by atoms with Gasteiger partial charge in [-0.2, -0.15) is 0 Å². The standard InChI is InChI=1S/C14H14Cl2N2O4/c1-8-5-11(18-22-8)14(20)17-6-9(19)7-21-12-4-2-3-10(15)13(12)16/h2-5,9,19H,6-7H2,1H3,(H,17,20)/t9-/m0/s1. The third-order valence-electron chi connectivity index (χ3n) is 2.71. The minimum absolute atomic E-state index is 0.00290. The molecule has 0 spiro atoms. The quantitative estimate of drug-likeness (QED) is 0.840. The second-order valence-corrected chi connectivity index (χ2v) is 5.33. The van der Waals surface area contributed by atoms with Gasteiger partial charge in [0, 0.05) is 12.6 Å². The van der Waals surface area contributed by atoms with Crippen molar-refractivity contribution in [2.75, 3.05) is 13.2 Å². The van der Waals surface area contributed by atoms with Crippen LogP contribution in [0.3, 0.4) is 0 Å².